The highest BCUT2D eigenvalue weighted by atomic mass is 35.5. The lowest BCUT2D eigenvalue weighted by Crippen LogP contribution is -2.05. The molecule has 0 aliphatic carbocycles. The molecule has 0 radical (unpaired) electrons. The Morgan fingerprint density at radius 1 is 1.04 bits per heavy atom. The summed E-state index contributed by atoms with van der Waals surface area (Å²) in [4.78, 5) is 3.10. The average Bonchev–Trinajstić information content (AvgIpc) is 2.92. The van der Waals surface area contributed by atoms with E-state index in [1.165, 1.54) is 18.2 Å². The van der Waals surface area contributed by atoms with Crippen LogP contribution >= 0.6 is 11.6 Å². The number of hydrogen-bond acceptors (Lipinski definition) is 1. The van der Waals surface area contributed by atoms with E-state index in [-0.39, 0.29) is 10.6 Å². The maximum atomic E-state index is 13.7. The van der Waals surface area contributed by atoms with Crippen LogP contribution in [0.25, 0.3) is 22.2 Å². The van der Waals surface area contributed by atoms with Crippen molar-refractivity contribution in [2.75, 3.05) is 6.54 Å². The highest BCUT2D eigenvalue weighted by molar-refractivity contribution is 6.33. The van der Waals surface area contributed by atoms with Crippen molar-refractivity contribution in [1.82, 2.24) is 4.98 Å². The molecule has 0 saturated heterocycles. The fraction of sp³-hybridized carbons (Fsp3) is 0.263. The molecule has 3 rings (SSSR count). The van der Waals surface area contributed by atoms with Crippen molar-refractivity contribution in [2.24, 2.45) is 5.73 Å². The Bertz CT molecular complexity index is 931. The first-order chi connectivity index (χ1) is 12.3. The zero-order valence-electron chi connectivity index (χ0n) is 13.8. The molecule has 2 aromatic carbocycles. The molecule has 0 saturated carbocycles. The highest BCUT2D eigenvalue weighted by Gasteiger charge is 2.31. The molecule has 0 unspecified atom stereocenters. The van der Waals surface area contributed by atoms with Crippen molar-refractivity contribution >= 4 is 22.5 Å². The van der Waals surface area contributed by atoms with Gasteiger partial charge in [-0.15, -0.1) is 0 Å². The van der Waals surface area contributed by atoms with E-state index in [2.05, 4.69) is 4.98 Å². The van der Waals surface area contributed by atoms with Crippen LogP contribution in [0.4, 0.5) is 17.6 Å². The fourth-order valence-electron chi connectivity index (χ4n) is 3.05. The molecule has 1 aromatic heterocycles. The standard InChI is InChI=1S/C19H17ClF4N2/c20-16-6-4-11(19(22,23)24)9-15(16)18-13(3-1-2-8-25)14-10-12(21)5-7-17(14)26-18/h4-7,9-10,26H,1-3,8,25H2. The summed E-state index contributed by atoms with van der Waals surface area (Å²) in [6, 6.07) is 7.46. The summed E-state index contributed by atoms with van der Waals surface area (Å²) in [5.74, 6) is -0.404. The predicted octanol–water partition coefficient (Wildman–Crippen LogP) is 5.93. The molecule has 0 fully saturated rings. The van der Waals surface area contributed by atoms with Gasteiger partial charge in [-0.05, 0) is 67.8 Å². The predicted molar refractivity (Wildman–Crippen MR) is 95.7 cm³/mol. The van der Waals surface area contributed by atoms with Crippen LogP contribution in [0.3, 0.4) is 0 Å². The minimum atomic E-state index is -4.48. The molecule has 0 amide bonds. The van der Waals surface area contributed by atoms with Gasteiger partial charge in [0.25, 0.3) is 0 Å². The first-order valence-corrected chi connectivity index (χ1v) is 8.56. The average molecular weight is 385 g/mol. The van der Waals surface area contributed by atoms with Crippen molar-refractivity contribution in [2.45, 2.75) is 25.4 Å². The number of aryl methyl sites for hydroxylation is 1. The van der Waals surface area contributed by atoms with Gasteiger partial charge in [0.05, 0.1) is 11.3 Å². The number of nitrogens with one attached hydrogen (secondary N) is 1. The van der Waals surface area contributed by atoms with Crippen molar-refractivity contribution in [3.63, 3.8) is 0 Å². The monoisotopic (exact) mass is 384 g/mol. The van der Waals surface area contributed by atoms with Crippen molar-refractivity contribution in [3.8, 4) is 11.3 Å². The van der Waals surface area contributed by atoms with E-state index in [0.29, 0.717) is 29.6 Å². The Hall–Kier alpha value is -2.05. The van der Waals surface area contributed by atoms with E-state index >= 15 is 0 Å². The van der Waals surface area contributed by atoms with Gasteiger partial charge in [0.15, 0.2) is 0 Å². The van der Waals surface area contributed by atoms with Crippen LogP contribution in [0.1, 0.15) is 24.0 Å². The molecule has 3 N–H and O–H groups in total. The molecule has 26 heavy (non-hydrogen) atoms. The summed E-state index contributed by atoms with van der Waals surface area (Å²) < 4.78 is 53.0. The van der Waals surface area contributed by atoms with Crippen molar-refractivity contribution < 1.29 is 17.6 Å². The summed E-state index contributed by atoms with van der Waals surface area (Å²) >= 11 is 6.19. The van der Waals surface area contributed by atoms with Crippen LogP contribution in [0.15, 0.2) is 36.4 Å². The summed E-state index contributed by atoms with van der Waals surface area (Å²) in [6.45, 7) is 0.510. The van der Waals surface area contributed by atoms with Crippen LogP contribution in [0, 0.1) is 5.82 Å². The lowest BCUT2D eigenvalue weighted by atomic mass is 9.99. The smallest absolute Gasteiger partial charge is 0.354 e. The van der Waals surface area contributed by atoms with E-state index in [1.807, 2.05) is 0 Å². The van der Waals surface area contributed by atoms with Crippen LogP contribution in [0.2, 0.25) is 5.02 Å². The van der Waals surface area contributed by atoms with Gasteiger partial charge in [-0.25, -0.2) is 4.39 Å². The third kappa shape index (κ3) is 3.71. The molecule has 0 spiro atoms. The first-order valence-electron chi connectivity index (χ1n) is 8.18. The number of halogens is 5. The molecule has 0 aliphatic heterocycles. The highest BCUT2D eigenvalue weighted by Crippen LogP contribution is 2.39. The molecular weight excluding hydrogens is 368 g/mol. The van der Waals surface area contributed by atoms with Gasteiger partial charge in [-0.3, -0.25) is 0 Å². The van der Waals surface area contributed by atoms with E-state index < -0.39 is 17.6 Å². The fourth-order valence-corrected chi connectivity index (χ4v) is 3.26. The Morgan fingerprint density at radius 2 is 1.81 bits per heavy atom. The number of nitrogens with two attached hydrogens (primary N) is 1. The second-order valence-corrected chi connectivity index (χ2v) is 6.51. The van der Waals surface area contributed by atoms with Gasteiger partial charge in [-0.1, -0.05) is 11.6 Å². The molecule has 0 bridgehead atoms. The van der Waals surface area contributed by atoms with Crippen LogP contribution in [-0.2, 0) is 12.6 Å². The van der Waals surface area contributed by atoms with Gasteiger partial charge in [0.1, 0.15) is 5.82 Å². The molecular formula is C19H17ClF4N2. The minimum Gasteiger partial charge on any atom is -0.354 e. The first kappa shape index (κ1) is 18.7. The number of aromatic amines is 1. The second-order valence-electron chi connectivity index (χ2n) is 6.11. The van der Waals surface area contributed by atoms with E-state index in [1.54, 1.807) is 6.07 Å². The Morgan fingerprint density at radius 3 is 2.50 bits per heavy atom. The lowest BCUT2D eigenvalue weighted by molar-refractivity contribution is -0.137. The number of fused-ring (bicyclic) bond motifs is 1. The number of hydrogen-bond donors (Lipinski definition) is 2. The molecule has 2 nitrogen and oxygen atoms in total. The van der Waals surface area contributed by atoms with Crippen molar-refractivity contribution in [3.05, 3.63) is 58.4 Å². The third-order valence-electron chi connectivity index (χ3n) is 4.31. The van der Waals surface area contributed by atoms with Gasteiger partial charge in [-0.2, -0.15) is 13.2 Å². The summed E-state index contributed by atoms with van der Waals surface area (Å²) in [5, 5.41) is 0.843. The quantitative estimate of drug-likeness (QED) is 0.415. The minimum absolute atomic E-state index is 0.199. The summed E-state index contributed by atoms with van der Waals surface area (Å²) in [5.41, 5.74) is 6.88. The number of rotatable bonds is 5. The normalized spacial score (nSPS) is 12.1. The number of unbranched alkanes of at least 4 members (excludes halogenated alkanes) is 1. The zero-order chi connectivity index (χ0) is 18.9. The Balaban J connectivity index is 2.19. The zero-order valence-corrected chi connectivity index (χ0v) is 14.5. The number of H-pyrrole nitrogens is 1. The number of benzene rings is 2. The van der Waals surface area contributed by atoms with Crippen LogP contribution in [0.5, 0.6) is 0 Å². The summed E-state index contributed by atoms with van der Waals surface area (Å²) in [6.07, 6.45) is -2.42. The molecule has 1 heterocycles. The molecule has 138 valence electrons. The molecule has 3 aromatic rings. The topological polar surface area (TPSA) is 41.8 Å². The summed E-state index contributed by atoms with van der Waals surface area (Å²) in [7, 11) is 0. The van der Waals surface area contributed by atoms with Crippen molar-refractivity contribution in [1.29, 1.82) is 0 Å². The molecule has 7 heteroatoms. The van der Waals surface area contributed by atoms with Gasteiger partial charge < -0.3 is 10.7 Å². The largest absolute Gasteiger partial charge is 0.416 e. The second kappa shape index (κ2) is 7.29. The maximum absolute atomic E-state index is 13.7. The number of aromatic nitrogens is 1. The lowest BCUT2D eigenvalue weighted by Gasteiger charge is -2.11. The maximum Gasteiger partial charge on any atom is 0.416 e. The van der Waals surface area contributed by atoms with E-state index in [9.17, 15) is 17.6 Å². The molecule has 0 atom stereocenters. The third-order valence-corrected chi connectivity index (χ3v) is 4.64. The van der Waals surface area contributed by atoms with Gasteiger partial charge >= 0.3 is 6.18 Å². The molecule has 0 aliphatic rings. The number of alkyl halides is 3. The van der Waals surface area contributed by atoms with E-state index in [0.717, 1.165) is 30.5 Å². The van der Waals surface area contributed by atoms with Crippen LogP contribution < -0.4 is 5.73 Å². The van der Waals surface area contributed by atoms with Gasteiger partial charge in [0, 0.05) is 21.5 Å². The SMILES string of the molecule is NCCCCc1c(-c2cc(C(F)(F)F)ccc2Cl)[nH]c2ccc(F)cc12. The Labute approximate surface area is 153 Å². The Kier molecular flexibility index (Phi) is 5.25. The van der Waals surface area contributed by atoms with Crippen LogP contribution in [-0.4, -0.2) is 11.5 Å². The van der Waals surface area contributed by atoms with Gasteiger partial charge in [0.2, 0.25) is 0 Å². The van der Waals surface area contributed by atoms with E-state index in [4.69, 9.17) is 17.3 Å².